The first-order valence-electron chi connectivity index (χ1n) is 5.22. The van der Waals surface area contributed by atoms with Gasteiger partial charge < -0.3 is 9.84 Å². The van der Waals surface area contributed by atoms with Gasteiger partial charge in [0.25, 0.3) is 0 Å². The van der Waals surface area contributed by atoms with Crippen molar-refractivity contribution in [1.82, 2.24) is 4.98 Å². The van der Waals surface area contributed by atoms with Crippen molar-refractivity contribution in [3.8, 4) is 5.75 Å². The molecule has 1 heterocycles. The minimum atomic E-state index is -0.549. The fourth-order valence-corrected chi connectivity index (χ4v) is 1.06. The molecule has 1 aromatic heterocycles. The van der Waals surface area contributed by atoms with Crippen LogP contribution in [-0.2, 0) is 11.2 Å². The molecule has 16 heavy (non-hydrogen) atoms. The normalized spacial score (nSPS) is 11.2. The summed E-state index contributed by atoms with van der Waals surface area (Å²) in [5, 5.41) is 8.86. The van der Waals surface area contributed by atoms with Gasteiger partial charge in [-0.15, -0.1) is 0 Å². The monoisotopic (exact) mass is 223 g/mol. The lowest BCUT2D eigenvalue weighted by molar-refractivity contribution is -0.143. The Morgan fingerprint density at radius 3 is 2.75 bits per heavy atom. The van der Waals surface area contributed by atoms with Gasteiger partial charge in [-0.1, -0.05) is 0 Å². The number of ether oxygens (including phenoxy) is 1. The zero-order valence-electron chi connectivity index (χ0n) is 9.86. The number of pyridine rings is 1. The highest BCUT2D eigenvalue weighted by atomic mass is 16.5. The second-order valence-corrected chi connectivity index (χ2v) is 4.56. The Morgan fingerprint density at radius 2 is 2.19 bits per heavy atom. The van der Waals surface area contributed by atoms with E-state index in [9.17, 15) is 4.79 Å². The highest BCUT2D eigenvalue weighted by molar-refractivity contribution is 5.78. The predicted octanol–water partition coefficient (Wildman–Crippen LogP) is 1.57. The van der Waals surface area contributed by atoms with E-state index in [2.05, 4.69) is 4.98 Å². The van der Waals surface area contributed by atoms with Crippen LogP contribution in [0.1, 0.15) is 26.5 Å². The number of hydrogen-bond acceptors (Lipinski definition) is 4. The van der Waals surface area contributed by atoms with Gasteiger partial charge in [0.05, 0.1) is 11.1 Å². The van der Waals surface area contributed by atoms with Crippen molar-refractivity contribution in [3.63, 3.8) is 0 Å². The molecule has 0 fully saturated rings. The van der Waals surface area contributed by atoms with Crippen LogP contribution < -0.4 is 4.74 Å². The fourth-order valence-electron chi connectivity index (χ4n) is 1.06. The molecular formula is C12H17NO3. The molecule has 0 amide bonds. The summed E-state index contributed by atoms with van der Waals surface area (Å²) >= 11 is 0. The second kappa shape index (κ2) is 5.07. The number of carbonyl (C=O) groups is 1. The van der Waals surface area contributed by atoms with Gasteiger partial charge in [0, 0.05) is 19.2 Å². The molecule has 0 aromatic carbocycles. The Balaban J connectivity index is 2.84. The Hall–Kier alpha value is -1.42. The number of aliphatic hydroxyl groups excluding tert-OH is 1. The molecule has 1 rings (SSSR count). The maximum atomic E-state index is 11.7. The summed E-state index contributed by atoms with van der Waals surface area (Å²) in [4.78, 5) is 15.7. The molecular weight excluding hydrogens is 206 g/mol. The van der Waals surface area contributed by atoms with Crippen LogP contribution >= 0.6 is 0 Å². The molecule has 0 bridgehead atoms. The van der Waals surface area contributed by atoms with Gasteiger partial charge >= 0.3 is 5.97 Å². The molecule has 0 aliphatic rings. The molecule has 0 spiro atoms. The van der Waals surface area contributed by atoms with Gasteiger partial charge in [-0.3, -0.25) is 9.78 Å². The first-order chi connectivity index (χ1) is 7.45. The fraction of sp³-hybridized carbons (Fsp3) is 0.500. The number of aromatic nitrogens is 1. The topological polar surface area (TPSA) is 59.4 Å². The van der Waals surface area contributed by atoms with Crippen molar-refractivity contribution in [2.45, 2.75) is 27.2 Å². The summed E-state index contributed by atoms with van der Waals surface area (Å²) in [6, 6.07) is 3.38. The minimum Gasteiger partial charge on any atom is -0.424 e. The summed E-state index contributed by atoms with van der Waals surface area (Å²) < 4.78 is 5.25. The van der Waals surface area contributed by atoms with Gasteiger partial charge in [0.1, 0.15) is 0 Å². The zero-order valence-corrected chi connectivity index (χ0v) is 9.86. The third kappa shape index (κ3) is 3.31. The maximum Gasteiger partial charge on any atom is 0.316 e. The number of carbonyl (C=O) groups excluding carboxylic acids is 1. The highest BCUT2D eigenvalue weighted by Crippen LogP contribution is 2.21. The average Bonchev–Trinajstić information content (AvgIpc) is 2.20. The summed E-state index contributed by atoms with van der Waals surface area (Å²) in [6.45, 7) is 5.35. The molecule has 4 heteroatoms. The molecule has 1 N–H and O–H groups in total. The van der Waals surface area contributed by atoms with Gasteiger partial charge in [-0.05, 0) is 32.9 Å². The molecule has 0 aliphatic heterocycles. The van der Waals surface area contributed by atoms with Crippen LogP contribution in [0.3, 0.4) is 0 Å². The van der Waals surface area contributed by atoms with E-state index in [1.165, 1.54) is 0 Å². The van der Waals surface area contributed by atoms with Crippen molar-refractivity contribution < 1.29 is 14.6 Å². The molecule has 0 saturated heterocycles. The Bertz CT molecular complexity index is 369. The zero-order chi connectivity index (χ0) is 12.2. The number of aliphatic hydroxyl groups is 1. The second-order valence-electron chi connectivity index (χ2n) is 4.56. The van der Waals surface area contributed by atoms with Crippen LogP contribution in [0.2, 0.25) is 0 Å². The average molecular weight is 223 g/mol. The lowest BCUT2D eigenvalue weighted by Crippen LogP contribution is -2.26. The largest absolute Gasteiger partial charge is 0.424 e. The summed E-state index contributed by atoms with van der Waals surface area (Å²) in [7, 11) is 0. The van der Waals surface area contributed by atoms with Gasteiger partial charge in [0.15, 0.2) is 5.75 Å². The molecule has 0 aliphatic carbocycles. The molecule has 0 radical (unpaired) electrons. The first kappa shape index (κ1) is 12.6. The van der Waals surface area contributed by atoms with E-state index in [-0.39, 0.29) is 12.6 Å². The first-order valence-corrected chi connectivity index (χ1v) is 5.22. The summed E-state index contributed by atoms with van der Waals surface area (Å²) in [6.07, 6.45) is 1.99. The van der Waals surface area contributed by atoms with E-state index >= 15 is 0 Å². The number of esters is 1. The number of nitrogens with zero attached hydrogens (tertiary/aromatic N) is 1. The molecule has 1 aromatic rings. The van der Waals surface area contributed by atoms with Crippen molar-refractivity contribution in [2.24, 2.45) is 5.41 Å². The van der Waals surface area contributed by atoms with E-state index < -0.39 is 5.41 Å². The third-order valence-electron chi connectivity index (χ3n) is 2.01. The Kier molecular flexibility index (Phi) is 4.01. The van der Waals surface area contributed by atoms with Crippen molar-refractivity contribution in [2.75, 3.05) is 6.61 Å². The van der Waals surface area contributed by atoms with Crippen LogP contribution in [0.25, 0.3) is 0 Å². The lowest BCUT2D eigenvalue weighted by Gasteiger charge is -2.17. The van der Waals surface area contributed by atoms with E-state index in [0.717, 1.165) is 0 Å². The maximum absolute atomic E-state index is 11.7. The van der Waals surface area contributed by atoms with E-state index in [1.807, 2.05) is 0 Å². The third-order valence-corrected chi connectivity index (χ3v) is 2.01. The van der Waals surface area contributed by atoms with E-state index in [4.69, 9.17) is 9.84 Å². The van der Waals surface area contributed by atoms with Gasteiger partial charge in [-0.2, -0.15) is 0 Å². The smallest absolute Gasteiger partial charge is 0.316 e. The van der Waals surface area contributed by atoms with Crippen molar-refractivity contribution in [1.29, 1.82) is 0 Å². The van der Waals surface area contributed by atoms with Crippen LogP contribution in [0, 0.1) is 5.41 Å². The highest BCUT2D eigenvalue weighted by Gasteiger charge is 2.24. The quantitative estimate of drug-likeness (QED) is 0.790. The molecule has 88 valence electrons. The van der Waals surface area contributed by atoms with Gasteiger partial charge in [0.2, 0.25) is 0 Å². The lowest BCUT2D eigenvalue weighted by atomic mass is 9.97. The van der Waals surface area contributed by atoms with Gasteiger partial charge in [-0.25, -0.2) is 0 Å². The van der Waals surface area contributed by atoms with E-state index in [0.29, 0.717) is 17.9 Å². The molecule has 0 unspecified atom stereocenters. The minimum absolute atomic E-state index is 0.0168. The van der Waals surface area contributed by atoms with Crippen LogP contribution in [0.15, 0.2) is 18.3 Å². The summed E-state index contributed by atoms with van der Waals surface area (Å²) in [5.41, 5.74) is 0.0503. The van der Waals surface area contributed by atoms with Crippen LogP contribution in [-0.4, -0.2) is 22.7 Å². The van der Waals surface area contributed by atoms with E-state index in [1.54, 1.807) is 39.1 Å². The standard InChI is InChI=1S/C12H17NO3/c1-12(2,3)11(15)16-10-5-4-7-13-9(10)6-8-14/h4-5,7,14H,6,8H2,1-3H3. The predicted molar refractivity (Wildman–Crippen MR) is 60.1 cm³/mol. The SMILES string of the molecule is CC(C)(C)C(=O)Oc1cccnc1CCO. The Labute approximate surface area is 95.3 Å². The van der Waals surface area contributed by atoms with Crippen molar-refractivity contribution >= 4 is 5.97 Å². The van der Waals surface area contributed by atoms with Crippen LogP contribution in [0.5, 0.6) is 5.75 Å². The summed E-state index contributed by atoms with van der Waals surface area (Å²) in [5.74, 6) is 0.121. The Morgan fingerprint density at radius 1 is 1.50 bits per heavy atom. The molecule has 0 atom stereocenters. The number of rotatable bonds is 3. The van der Waals surface area contributed by atoms with Crippen LogP contribution in [0.4, 0.5) is 0 Å². The number of hydrogen-bond donors (Lipinski definition) is 1. The van der Waals surface area contributed by atoms with Crippen molar-refractivity contribution in [3.05, 3.63) is 24.0 Å². The molecule has 0 saturated carbocycles. The molecule has 4 nitrogen and oxygen atoms in total.